The number of carbonyl (C=O) groups is 1. The van der Waals surface area contributed by atoms with Crippen LogP contribution < -0.4 is 19.1 Å². The second-order valence-corrected chi connectivity index (χ2v) is 9.86. The zero-order chi connectivity index (χ0) is 23.8. The molecule has 0 aliphatic heterocycles. The van der Waals surface area contributed by atoms with Gasteiger partial charge < -0.3 is 14.8 Å². The Morgan fingerprint density at radius 3 is 2.42 bits per heavy atom. The number of amides is 1. The van der Waals surface area contributed by atoms with Crippen LogP contribution in [0.3, 0.4) is 0 Å². The van der Waals surface area contributed by atoms with Crippen molar-refractivity contribution in [2.75, 3.05) is 24.1 Å². The molecular formula is C23H25FN2O5S2. The van der Waals surface area contributed by atoms with E-state index in [4.69, 9.17) is 9.47 Å². The zero-order valence-electron chi connectivity index (χ0n) is 18.3. The second kappa shape index (κ2) is 11.2. The van der Waals surface area contributed by atoms with Crippen LogP contribution in [0.5, 0.6) is 11.5 Å². The molecule has 1 aromatic heterocycles. The van der Waals surface area contributed by atoms with Crippen LogP contribution in [-0.2, 0) is 21.4 Å². The molecule has 0 bridgehead atoms. The van der Waals surface area contributed by atoms with E-state index in [1.807, 2.05) is 13.8 Å². The van der Waals surface area contributed by atoms with Gasteiger partial charge in [-0.15, -0.1) is 11.3 Å². The van der Waals surface area contributed by atoms with Gasteiger partial charge in [-0.05, 0) is 55.1 Å². The standard InChI is InChI=1S/C23H25FN2O5S2/c1-3-30-20-12-11-17(14-21(20)31-4-2)15-25-22(27)16-26(19-9-6-5-8-18(19)24)33(28,29)23-10-7-13-32-23/h5-14H,3-4,15-16H2,1-2H3,(H,25,27). The lowest BCUT2D eigenvalue weighted by Crippen LogP contribution is -2.40. The Kier molecular flexibility index (Phi) is 8.29. The number of nitrogens with one attached hydrogen (secondary N) is 1. The zero-order valence-corrected chi connectivity index (χ0v) is 19.9. The van der Waals surface area contributed by atoms with Crippen molar-refractivity contribution in [1.29, 1.82) is 0 Å². The SMILES string of the molecule is CCOc1ccc(CNC(=O)CN(c2ccccc2F)S(=O)(=O)c2cccs2)cc1OCC. The van der Waals surface area contributed by atoms with Gasteiger partial charge in [-0.3, -0.25) is 9.10 Å². The molecule has 1 heterocycles. The van der Waals surface area contributed by atoms with E-state index in [1.165, 1.54) is 24.3 Å². The number of anilines is 1. The molecule has 0 fully saturated rings. The highest BCUT2D eigenvalue weighted by molar-refractivity contribution is 7.94. The average Bonchev–Trinajstić information content (AvgIpc) is 3.34. The fourth-order valence-corrected chi connectivity index (χ4v) is 5.60. The smallest absolute Gasteiger partial charge is 0.274 e. The fraction of sp³-hybridized carbons (Fsp3) is 0.261. The number of ether oxygens (including phenoxy) is 2. The van der Waals surface area contributed by atoms with E-state index in [0.29, 0.717) is 24.7 Å². The highest BCUT2D eigenvalue weighted by Crippen LogP contribution is 2.29. The molecule has 0 radical (unpaired) electrons. The summed E-state index contributed by atoms with van der Waals surface area (Å²) < 4.78 is 52.7. The Hall–Kier alpha value is -3.11. The van der Waals surface area contributed by atoms with Gasteiger partial charge in [0, 0.05) is 6.54 Å². The van der Waals surface area contributed by atoms with Crippen molar-refractivity contribution in [2.45, 2.75) is 24.6 Å². The first-order chi connectivity index (χ1) is 15.9. The summed E-state index contributed by atoms with van der Waals surface area (Å²) in [4.78, 5) is 12.7. The quantitative estimate of drug-likeness (QED) is 0.434. The molecule has 0 atom stereocenters. The molecular weight excluding hydrogens is 467 g/mol. The first-order valence-corrected chi connectivity index (χ1v) is 12.6. The molecule has 0 aliphatic carbocycles. The third kappa shape index (κ3) is 6.02. The molecule has 0 saturated carbocycles. The van der Waals surface area contributed by atoms with E-state index in [0.717, 1.165) is 27.3 Å². The summed E-state index contributed by atoms with van der Waals surface area (Å²) in [7, 11) is -4.12. The molecule has 0 spiro atoms. The number of benzene rings is 2. The molecule has 1 amide bonds. The van der Waals surface area contributed by atoms with E-state index in [1.54, 1.807) is 29.6 Å². The van der Waals surface area contributed by atoms with Crippen LogP contribution in [0.2, 0.25) is 0 Å². The first-order valence-electron chi connectivity index (χ1n) is 10.3. The van der Waals surface area contributed by atoms with Crippen molar-refractivity contribution in [3.05, 3.63) is 71.4 Å². The van der Waals surface area contributed by atoms with Crippen LogP contribution in [0.15, 0.2) is 64.2 Å². The molecule has 176 valence electrons. The Morgan fingerprint density at radius 1 is 1.03 bits per heavy atom. The summed E-state index contributed by atoms with van der Waals surface area (Å²) in [5.41, 5.74) is 0.551. The van der Waals surface area contributed by atoms with Gasteiger partial charge in [0.15, 0.2) is 11.5 Å². The number of para-hydroxylation sites is 1. The largest absolute Gasteiger partial charge is 0.490 e. The summed E-state index contributed by atoms with van der Waals surface area (Å²) in [5, 5.41) is 4.30. The number of rotatable bonds is 11. The van der Waals surface area contributed by atoms with Gasteiger partial charge >= 0.3 is 0 Å². The third-order valence-corrected chi connectivity index (χ3v) is 7.68. The maximum Gasteiger partial charge on any atom is 0.274 e. The first kappa shape index (κ1) is 24.5. The fourth-order valence-electron chi connectivity index (χ4n) is 3.06. The van der Waals surface area contributed by atoms with Crippen LogP contribution in [0.25, 0.3) is 0 Å². The maximum absolute atomic E-state index is 14.5. The van der Waals surface area contributed by atoms with Crippen molar-refractivity contribution >= 4 is 33.0 Å². The van der Waals surface area contributed by atoms with Crippen molar-refractivity contribution in [2.24, 2.45) is 0 Å². The van der Waals surface area contributed by atoms with E-state index >= 15 is 0 Å². The van der Waals surface area contributed by atoms with E-state index in [-0.39, 0.29) is 16.4 Å². The van der Waals surface area contributed by atoms with E-state index in [2.05, 4.69) is 5.32 Å². The number of hydrogen-bond acceptors (Lipinski definition) is 6. The molecule has 1 N–H and O–H groups in total. The van der Waals surface area contributed by atoms with Crippen LogP contribution in [-0.4, -0.2) is 34.1 Å². The van der Waals surface area contributed by atoms with Gasteiger partial charge in [-0.1, -0.05) is 24.3 Å². The molecule has 10 heteroatoms. The van der Waals surface area contributed by atoms with Gasteiger partial charge in [0.1, 0.15) is 16.6 Å². The van der Waals surface area contributed by atoms with Gasteiger partial charge in [0.05, 0.1) is 18.9 Å². The monoisotopic (exact) mass is 492 g/mol. The van der Waals surface area contributed by atoms with Crippen LogP contribution in [0, 0.1) is 5.82 Å². The normalized spacial score (nSPS) is 11.1. The molecule has 33 heavy (non-hydrogen) atoms. The van der Waals surface area contributed by atoms with Crippen molar-refractivity contribution in [3.8, 4) is 11.5 Å². The lowest BCUT2D eigenvalue weighted by molar-refractivity contribution is -0.119. The van der Waals surface area contributed by atoms with Gasteiger partial charge in [0.25, 0.3) is 10.0 Å². The third-order valence-electron chi connectivity index (χ3n) is 4.55. The van der Waals surface area contributed by atoms with Crippen LogP contribution in [0.1, 0.15) is 19.4 Å². The van der Waals surface area contributed by atoms with Crippen LogP contribution >= 0.6 is 11.3 Å². The summed E-state index contributed by atoms with van der Waals surface area (Å²) in [6.45, 7) is 4.23. The predicted molar refractivity (Wildman–Crippen MR) is 126 cm³/mol. The molecule has 0 aliphatic rings. The number of sulfonamides is 1. The number of halogens is 1. The Morgan fingerprint density at radius 2 is 1.76 bits per heavy atom. The minimum absolute atomic E-state index is 0.0198. The van der Waals surface area contributed by atoms with Crippen molar-refractivity contribution < 1.29 is 27.1 Å². The lowest BCUT2D eigenvalue weighted by Gasteiger charge is -2.23. The molecule has 0 saturated heterocycles. The summed E-state index contributed by atoms with van der Waals surface area (Å²) in [5.74, 6) is -0.162. The molecule has 2 aromatic carbocycles. The van der Waals surface area contributed by atoms with Crippen molar-refractivity contribution in [3.63, 3.8) is 0 Å². The van der Waals surface area contributed by atoms with Gasteiger partial charge in [-0.2, -0.15) is 0 Å². The second-order valence-electron chi connectivity index (χ2n) is 6.82. The van der Waals surface area contributed by atoms with Gasteiger partial charge in [-0.25, -0.2) is 12.8 Å². The number of hydrogen-bond donors (Lipinski definition) is 1. The van der Waals surface area contributed by atoms with Crippen molar-refractivity contribution in [1.82, 2.24) is 5.32 Å². The number of carbonyl (C=O) groups excluding carboxylic acids is 1. The minimum Gasteiger partial charge on any atom is -0.490 e. The number of nitrogens with zero attached hydrogens (tertiary/aromatic N) is 1. The Bertz CT molecular complexity index is 1180. The Balaban J connectivity index is 1.78. The highest BCUT2D eigenvalue weighted by atomic mass is 32.2. The molecule has 7 nitrogen and oxygen atoms in total. The van der Waals surface area contributed by atoms with Crippen LogP contribution in [0.4, 0.5) is 10.1 Å². The summed E-state index contributed by atoms with van der Waals surface area (Å²) in [6.07, 6.45) is 0. The molecule has 3 aromatic rings. The Labute approximate surface area is 196 Å². The molecule has 0 unspecified atom stereocenters. The minimum atomic E-state index is -4.12. The predicted octanol–water partition coefficient (Wildman–Crippen LogP) is 4.20. The summed E-state index contributed by atoms with van der Waals surface area (Å²) in [6, 6.07) is 13.7. The molecule has 3 rings (SSSR count). The maximum atomic E-state index is 14.5. The van der Waals surface area contributed by atoms with E-state index < -0.39 is 28.3 Å². The van der Waals surface area contributed by atoms with Gasteiger partial charge in [0.2, 0.25) is 5.91 Å². The topological polar surface area (TPSA) is 84.9 Å². The number of thiophene rings is 1. The van der Waals surface area contributed by atoms with E-state index in [9.17, 15) is 17.6 Å². The lowest BCUT2D eigenvalue weighted by atomic mass is 10.2. The highest BCUT2D eigenvalue weighted by Gasteiger charge is 2.29. The summed E-state index contributed by atoms with van der Waals surface area (Å²) >= 11 is 0.998. The average molecular weight is 493 g/mol.